The molecule has 2 saturated heterocycles. The zero-order valence-corrected chi connectivity index (χ0v) is 6.92. The SMILES string of the molecule is O=S1(=O)C[C@@H](O)[C@@H](N2CC2)C1. The molecular weight excluding hydrogens is 166 g/mol. The lowest BCUT2D eigenvalue weighted by molar-refractivity contribution is 0.140. The Morgan fingerprint density at radius 2 is 1.91 bits per heavy atom. The van der Waals surface area contributed by atoms with E-state index < -0.39 is 15.9 Å². The van der Waals surface area contributed by atoms with Gasteiger partial charge in [0.15, 0.2) is 9.84 Å². The fraction of sp³-hybridized carbons (Fsp3) is 1.00. The van der Waals surface area contributed by atoms with Crippen LogP contribution in [0.15, 0.2) is 0 Å². The maximum atomic E-state index is 11.0. The minimum Gasteiger partial charge on any atom is -0.390 e. The van der Waals surface area contributed by atoms with Gasteiger partial charge in [-0.15, -0.1) is 0 Å². The molecule has 5 heteroatoms. The molecule has 0 aliphatic carbocycles. The van der Waals surface area contributed by atoms with Crippen molar-refractivity contribution in [3.63, 3.8) is 0 Å². The lowest BCUT2D eigenvalue weighted by Crippen LogP contribution is -2.31. The molecule has 2 heterocycles. The Balaban J connectivity index is 2.13. The molecule has 0 unspecified atom stereocenters. The fourth-order valence-corrected chi connectivity index (χ4v) is 3.38. The minimum absolute atomic E-state index is 0.0475. The quantitative estimate of drug-likeness (QED) is 0.493. The summed E-state index contributed by atoms with van der Waals surface area (Å²) < 4.78 is 22.0. The molecule has 0 aromatic carbocycles. The van der Waals surface area contributed by atoms with Crippen molar-refractivity contribution in [1.29, 1.82) is 0 Å². The van der Waals surface area contributed by atoms with Crippen molar-refractivity contribution in [1.82, 2.24) is 4.90 Å². The first-order valence-electron chi connectivity index (χ1n) is 3.71. The van der Waals surface area contributed by atoms with Crippen molar-refractivity contribution in [2.45, 2.75) is 12.1 Å². The van der Waals surface area contributed by atoms with Crippen molar-refractivity contribution < 1.29 is 13.5 Å². The lowest BCUT2D eigenvalue weighted by atomic mass is 10.2. The van der Waals surface area contributed by atoms with E-state index in [-0.39, 0.29) is 17.5 Å². The second-order valence-corrected chi connectivity index (χ2v) is 5.40. The van der Waals surface area contributed by atoms with Gasteiger partial charge in [-0.1, -0.05) is 0 Å². The maximum Gasteiger partial charge on any atom is 0.154 e. The average molecular weight is 177 g/mol. The molecule has 1 N–H and O–H groups in total. The number of aliphatic hydroxyl groups excluding tert-OH is 1. The number of hydrogen-bond donors (Lipinski definition) is 1. The van der Waals surface area contributed by atoms with Gasteiger partial charge in [0.2, 0.25) is 0 Å². The molecule has 0 bridgehead atoms. The normalized spacial score (nSPS) is 42.6. The van der Waals surface area contributed by atoms with Crippen LogP contribution in [0, 0.1) is 0 Å². The molecule has 0 radical (unpaired) electrons. The van der Waals surface area contributed by atoms with Crippen molar-refractivity contribution in [3.8, 4) is 0 Å². The van der Waals surface area contributed by atoms with Crippen molar-refractivity contribution in [3.05, 3.63) is 0 Å². The van der Waals surface area contributed by atoms with Crippen LogP contribution in [0.5, 0.6) is 0 Å². The molecule has 2 atom stereocenters. The van der Waals surface area contributed by atoms with E-state index in [9.17, 15) is 13.5 Å². The number of sulfone groups is 1. The summed E-state index contributed by atoms with van der Waals surface area (Å²) in [5.41, 5.74) is 0. The molecule has 0 aromatic heterocycles. The second-order valence-electron chi connectivity index (χ2n) is 3.25. The largest absolute Gasteiger partial charge is 0.390 e. The Labute approximate surface area is 65.7 Å². The van der Waals surface area contributed by atoms with Crippen molar-refractivity contribution in [2.24, 2.45) is 0 Å². The van der Waals surface area contributed by atoms with Crippen LogP contribution >= 0.6 is 0 Å². The molecular formula is C6H11NO3S. The van der Waals surface area contributed by atoms with Gasteiger partial charge in [0.25, 0.3) is 0 Å². The van der Waals surface area contributed by atoms with E-state index in [1.807, 2.05) is 4.90 Å². The van der Waals surface area contributed by atoms with E-state index in [1.165, 1.54) is 0 Å². The maximum absolute atomic E-state index is 11.0. The van der Waals surface area contributed by atoms with Gasteiger partial charge in [-0.05, 0) is 0 Å². The molecule has 2 aliphatic heterocycles. The van der Waals surface area contributed by atoms with E-state index >= 15 is 0 Å². The van der Waals surface area contributed by atoms with Gasteiger partial charge in [-0.2, -0.15) is 0 Å². The third kappa shape index (κ3) is 1.40. The smallest absolute Gasteiger partial charge is 0.154 e. The Morgan fingerprint density at radius 3 is 2.27 bits per heavy atom. The molecule has 0 saturated carbocycles. The zero-order valence-electron chi connectivity index (χ0n) is 6.10. The van der Waals surface area contributed by atoms with E-state index in [1.54, 1.807) is 0 Å². The standard InChI is InChI=1S/C6H11NO3S/c8-6-4-11(9,10)3-5(6)7-1-2-7/h5-6,8H,1-4H2/t5-,6+/m0/s1. The van der Waals surface area contributed by atoms with Gasteiger partial charge >= 0.3 is 0 Å². The third-order valence-electron chi connectivity index (χ3n) is 2.24. The highest BCUT2D eigenvalue weighted by molar-refractivity contribution is 7.91. The molecule has 2 aliphatic rings. The fourth-order valence-electron chi connectivity index (χ4n) is 1.55. The van der Waals surface area contributed by atoms with Crippen LogP contribution in [0.1, 0.15) is 0 Å². The summed E-state index contributed by atoms with van der Waals surface area (Å²) in [6.45, 7) is 1.88. The van der Waals surface area contributed by atoms with Gasteiger partial charge in [-0.3, -0.25) is 4.90 Å². The van der Waals surface area contributed by atoms with Gasteiger partial charge < -0.3 is 5.11 Å². The molecule has 64 valence electrons. The summed E-state index contributed by atoms with van der Waals surface area (Å²) in [6.07, 6.45) is -0.650. The van der Waals surface area contributed by atoms with E-state index in [4.69, 9.17) is 0 Å². The van der Waals surface area contributed by atoms with Crippen LogP contribution in [-0.4, -0.2) is 55.2 Å². The van der Waals surface area contributed by atoms with Crippen molar-refractivity contribution in [2.75, 3.05) is 24.6 Å². The lowest BCUT2D eigenvalue weighted by Gasteiger charge is -2.12. The average Bonchev–Trinajstić information content (AvgIpc) is 2.59. The molecule has 0 spiro atoms. The third-order valence-corrected chi connectivity index (χ3v) is 3.94. The highest BCUT2D eigenvalue weighted by Gasteiger charge is 2.43. The Bertz CT molecular complexity index is 257. The molecule has 0 amide bonds. The first-order chi connectivity index (χ1) is 5.08. The number of aliphatic hydroxyl groups is 1. The topological polar surface area (TPSA) is 57.4 Å². The Morgan fingerprint density at radius 1 is 1.27 bits per heavy atom. The van der Waals surface area contributed by atoms with Crippen LogP contribution in [0.4, 0.5) is 0 Å². The first kappa shape index (κ1) is 7.52. The zero-order chi connectivity index (χ0) is 8.06. The van der Waals surface area contributed by atoms with Crippen molar-refractivity contribution >= 4 is 9.84 Å². The van der Waals surface area contributed by atoms with Crippen LogP contribution in [-0.2, 0) is 9.84 Å². The Kier molecular flexibility index (Phi) is 1.49. The number of hydrogen-bond acceptors (Lipinski definition) is 4. The summed E-state index contributed by atoms with van der Waals surface area (Å²) in [7, 11) is -2.94. The summed E-state index contributed by atoms with van der Waals surface area (Å²) in [6, 6.07) is -0.111. The summed E-state index contributed by atoms with van der Waals surface area (Å²) in [4.78, 5) is 2.00. The second kappa shape index (κ2) is 2.18. The molecule has 2 rings (SSSR count). The summed E-state index contributed by atoms with van der Waals surface area (Å²) in [5.74, 6) is 0.0995. The van der Waals surface area contributed by atoms with Crippen LogP contribution < -0.4 is 0 Å². The van der Waals surface area contributed by atoms with Crippen LogP contribution in [0.2, 0.25) is 0 Å². The molecule has 2 fully saturated rings. The number of rotatable bonds is 1. The first-order valence-corrected chi connectivity index (χ1v) is 5.53. The summed E-state index contributed by atoms with van der Waals surface area (Å²) >= 11 is 0. The predicted molar refractivity (Wildman–Crippen MR) is 40.0 cm³/mol. The minimum atomic E-state index is -2.94. The van der Waals surface area contributed by atoms with Gasteiger partial charge in [0.05, 0.1) is 23.7 Å². The van der Waals surface area contributed by atoms with Gasteiger partial charge in [0, 0.05) is 13.1 Å². The Hall–Kier alpha value is -0.130. The van der Waals surface area contributed by atoms with E-state index in [0.717, 1.165) is 13.1 Å². The van der Waals surface area contributed by atoms with E-state index in [0.29, 0.717) is 0 Å². The number of nitrogens with zero attached hydrogens (tertiary/aromatic N) is 1. The van der Waals surface area contributed by atoms with Crippen LogP contribution in [0.25, 0.3) is 0 Å². The predicted octanol–water partition coefficient (Wildman–Crippen LogP) is -1.54. The molecule has 11 heavy (non-hydrogen) atoms. The molecule has 4 nitrogen and oxygen atoms in total. The summed E-state index contributed by atoms with van der Waals surface area (Å²) in [5, 5.41) is 9.31. The molecule has 0 aromatic rings. The van der Waals surface area contributed by atoms with Gasteiger partial charge in [0.1, 0.15) is 0 Å². The van der Waals surface area contributed by atoms with Crippen LogP contribution in [0.3, 0.4) is 0 Å². The van der Waals surface area contributed by atoms with Gasteiger partial charge in [-0.25, -0.2) is 8.42 Å². The van der Waals surface area contributed by atoms with E-state index in [2.05, 4.69) is 0 Å². The highest BCUT2D eigenvalue weighted by Crippen LogP contribution is 2.22. The monoisotopic (exact) mass is 177 g/mol. The highest BCUT2D eigenvalue weighted by atomic mass is 32.2.